The maximum absolute atomic E-state index is 13.4. The zero-order valence-corrected chi connectivity index (χ0v) is 18.6. The second kappa shape index (κ2) is 9.07. The zero-order valence-electron chi connectivity index (χ0n) is 17.8. The molecule has 0 atom stereocenters. The van der Waals surface area contributed by atoms with Crippen molar-refractivity contribution in [1.29, 1.82) is 0 Å². The van der Waals surface area contributed by atoms with Gasteiger partial charge in [-0.3, -0.25) is 9.97 Å². The number of nitrogens with zero attached hydrogens (tertiary/aromatic N) is 3. The van der Waals surface area contributed by atoms with E-state index in [9.17, 15) is 13.5 Å². The second-order valence-electron chi connectivity index (χ2n) is 7.49. The molecule has 0 bridgehead atoms. The van der Waals surface area contributed by atoms with Gasteiger partial charge in [-0.2, -0.15) is 4.31 Å². The molecule has 3 heterocycles. The monoisotopic (exact) mass is 452 g/mol. The molecule has 1 aromatic carbocycles. The number of rotatable bonds is 8. The van der Waals surface area contributed by atoms with Gasteiger partial charge in [0.15, 0.2) is 0 Å². The number of aryl methyl sites for hydroxylation is 1. The fourth-order valence-electron chi connectivity index (χ4n) is 3.48. The standard InChI is InChI=1S/C23H24N4O4S/c1-16-7-10-31-22(16)14-27(2)32(29,30)23-4-3-21(20-13-24-8-6-19(20)23)26-12-17-5-9-25-18(11-17)15-28/h3-11,13,26,28H,12,14-15H2,1-2H3. The van der Waals surface area contributed by atoms with Crippen LogP contribution in [0.5, 0.6) is 0 Å². The molecule has 9 heteroatoms. The summed E-state index contributed by atoms with van der Waals surface area (Å²) in [6.07, 6.45) is 6.44. The Bertz CT molecular complexity index is 1350. The summed E-state index contributed by atoms with van der Waals surface area (Å²) in [5.41, 5.74) is 3.21. The van der Waals surface area contributed by atoms with Gasteiger partial charge in [0, 0.05) is 48.6 Å². The molecule has 32 heavy (non-hydrogen) atoms. The predicted octanol–water partition coefficient (Wildman–Crippen LogP) is 3.46. The first-order valence-corrected chi connectivity index (χ1v) is 11.5. The molecule has 0 unspecified atom stereocenters. The number of nitrogens with one attached hydrogen (secondary N) is 1. The molecule has 0 amide bonds. The van der Waals surface area contributed by atoms with Gasteiger partial charge in [-0.1, -0.05) is 0 Å². The minimum Gasteiger partial charge on any atom is -0.468 e. The van der Waals surface area contributed by atoms with Crippen molar-refractivity contribution in [1.82, 2.24) is 14.3 Å². The summed E-state index contributed by atoms with van der Waals surface area (Å²) in [6, 6.07) is 10.5. The molecule has 4 rings (SSSR count). The first-order valence-electron chi connectivity index (χ1n) is 10.0. The van der Waals surface area contributed by atoms with Crippen molar-refractivity contribution in [2.45, 2.75) is 31.5 Å². The number of fused-ring (bicyclic) bond motifs is 1. The molecule has 0 aliphatic rings. The van der Waals surface area contributed by atoms with Crippen molar-refractivity contribution in [2.24, 2.45) is 0 Å². The van der Waals surface area contributed by atoms with Gasteiger partial charge in [0.05, 0.1) is 30.0 Å². The Hall–Kier alpha value is -3.27. The highest BCUT2D eigenvalue weighted by atomic mass is 32.2. The van der Waals surface area contributed by atoms with E-state index in [0.29, 0.717) is 28.8 Å². The van der Waals surface area contributed by atoms with Crippen LogP contribution in [0.3, 0.4) is 0 Å². The largest absolute Gasteiger partial charge is 0.468 e. The topological polar surface area (TPSA) is 109 Å². The number of anilines is 1. The molecular weight excluding hydrogens is 428 g/mol. The number of aliphatic hydroxyl groups is 1. The molecule has 0 saturated heterocycles. The maximum Gasteiger partial charge on any atom is 0.243 e. The first kappa shape index (κ1) is 21.9. The van der Waals surface area contributed by atoms with Crippen molar-refractivity contribution in [3.63, 3.8) is 0 Å². The fraction of sp³-hybridized carbons (Fsp3) is 0.217. The van der Waals surface area contributed by atoms with Crippen LogP contribution in [0.2, 0.25) is 0 Å². The molecule has 4 aromatic rings. The number of hydrogen-bond donors (Lipinski definition) is 2. The Kier molecular flexibility index (Phi) is 6.22. The summed E-state index contributed by atoms with van der Waals surface area (Å²) < 4.78 is 33.4. The number of aromatic nitrogens is 2. The number of aliphatic hydroxyl groups excluding tert-OH is 1. The van der Waals surface area contributed by atoms with Crippen LogP contribution >= 0.6 is 0 Å². The molecular formula is C23H24N4O4S. The van der Waals surface area contributed by atoms with E-state index in [-0.39, 0.29) is 18.0 Å². The Morgan fingerprint density at radius 2 is 1.97 bits per heavy atom. The molecule has 0 saturated carbocycles. The van der Waals surface area contributed by atoms with E-state index >= 15 is 0 Å². The minimum absolute atomic E-state index is 0.127. The van der Waals surface area contributed by atoms with E-state index in [1.165, 1.54) is 4.31 Å². The van der Waals surface area contributed by atoms with Gasteiger partial charge in [-0.05, 0) is 54.4 Å². The van der Waals surface area contributed by atoms with Crippen molar-refractivity contribution in [2.75, 3.05) is 12.4 Å². The van der Waals surface area contributed by atoms with Crippen LogP contribution < -0.4 is 5.32 Å². The third-order valence-corrected chi connectivity index (χ3v) is 7.19. The summed E-state index contributed by atoms with van der Waals surface area (Å²) in [6.45, 7) is 2.39. The second-order valence-corrected chi connectivity index (χ2v) is 9.50. The lowest BCUT2D eigenvalue weighted by atomic mass is 10.1. The smallest absolute Gasteiger partial charge is 0.243 e. The first-order chi connectivity index (χ1) is 15.4. The Balaban J connectivity index is 1.64. The normalized spacial score (nSPS) is 11.9. The lowest BCUT2D eigenvalue weighted by molar-refractivity contribution is 0.276. The lowest BCUT2D eigenvalue weighted by Crippen LogP contribution is -2.26. The minimum atomic E-state index is -3.77. The van der Waals surface area contributed by atoms with Crippen molar-refractivity contribution in [3.05, 3.63) is 83.8 Å². The summed E-state index contributed by atoms with van der Waals surface area (Å²) in [5.74, 6) is 0.611. The zero-order chi connectivity index (χ0) is 22.7. The van der Waals surface area contributed by atoms with Crippen molar-refractivity contribution in [3.8, 4) is 0 Å². The molecule has 0 radical (unpaired) electrons. The Morgan fingerprint density at radius 3 is 2.72 bits per heavy atom. The van der Waals surface area contributed by atoms with Crippen LogP contribution in [0.1, 0.15) is 22.6 Å². The summed E-state index contributed by atoms with van der Waals surface area (Å²) >= 11 is 0. The van der Waals surface area contributed by atoms with Crippen molar-refractivity contribution >= 4 is 26.5 Å². The van der Waals surface area contributed by atoms with E-state index in [1.807, 2.05) is 25.1 Å². The summed E-state index contributed by atoms with van der Waals surface area (Å²) in [4.78, 5) is 8.48. The molecule has 166 valence electrons. The van der Waals surface area contributed by atoms with E-state index in [4.69, 9.17) is 4.42 Å². The van der Waals surface area contributed by atoms with Gasteiger partial charge in [0.25, 0.3) is 0 Å². The average Bonchev–Trinajstić information content (AvgIpc) is 3.21. The van der Waals surface area contributed by atoms with Gasteiger partial charge in [0.1, 0.15) is 5.76 Å². The van der Waals surface area contributed by atoms with Crippen LogP contribution in [-0.4, -0.2) is 34.8 Å². The highest BCUT2D eigenvalue weighted by Gasteiger charge is 2.25. The molecule has 0 fully saturated rings. The SMILES string of the molecule is Cc1ccoc1CN(C)S(=O)(=O)c1ccc(NCc2ccnc(CO)c2)c2cnccc12. The van der Waals surface area contributed by atoms with Crippen molar-refractivity contribution < 1.29 is 17.9 Å². The van der Waals surface area contributed by atoms with Crippen LogP contribution in [0.4, 0.5) is 5.69 Å². The molecule has 0 aliphatic heterocycles. The third kappa shape index (κ3) is 4.36. The number of sulfonamides is 1. The van der Waals surface area contributed by atoms with Crippen LogP contribution in [0, 0.1) is 6.92 Å². The van der Waals surface area contributed by atoms with Gasteiger partial charge >= 0.3 is 0 Å². The summed E-state index contributed by atoms with van der Waals surface area (Å²) in [7, 11) is -2.23. The molecule has 3 aromatic heterocycles. The number of hydrogen-bond acceptors (Lipinski definition) is 7. The van der Waals surface area contributed by atoms with Gasteiger partial charge in [0.2, 0.25) is 10.0 Å². The average molecular weight is 453 g/mol. The third-order valence-electron chi connectivity index (χ3n) is 5.33. The Morgan fingerprint density at radius 1 is 1.12 bits per heavy atom. The predicted molar refractivity (Wildman–Crippen MR) is 121 cm³/mol. The molecule has 8 nitrogen and oxygen atoms in total. The molecule has 0 aliphatic carbocycles. The Labute approximate surface area is 186 Å². The number of benzene rings is 1. The molecule has 2 N–H and O–H groups in total. The number of furan rings is 1. The fourth-order valence-corrected chi connectivity index (χ4v) is 4.80. The molecule has 0 spiro atoms. The highest BCUT2D eigenvalue weighted by molar-refractivity contribution is 7.89. The number of pyridine rings is 2. The van der Waals surface area contributed by atoms with Crippen LogP contribution in [-0.2, 0) is 29.7 Å². The van der Waals surface area contributed by atoms with E-state index < -0.39 is 10.0 Å². The van der Waals surface area contributed by atoms with E-state index in [0.717, 1.165) is 16.8 Å². The summed E-state index contributed by atoms with van der Waals surface area (Å²) in [5, 5.41) is 13.9. The van der Waals surface area contributed by atoms with Gasteiger partial charge in [-0.25, -0.2) is 8.42 Å². The quantitative estimate of drug-likeness (QED) is 0.421. The van der Waals surface area contributed by atoms with Crippen LogP contribution in [0.25, 0.3) is 10.8 Å². The van der Waals surface area contributed by atoms with Gasteiger partial charge in [-0.15, -0.1) is 0 Å². The van der Waals surface area contributed by atoms with E-state index in [1.54, 1.807) is 50.1 Å². The maximum atomic E-state index is 13.4. The highest BCUT2D eigenvalue weighted by Crippen LogP contribution is 2.31. The van der Waals surface area contributed by atoms with E-state index in [2.05, 4.69) is 15.3 Å². The van der Waals surface area contributed by atoms with Crippen LogP contribution in [0.15, 0.2) is 70.6 Å². The van der Waals surface area contributed by atoms with Gasteiger partial charge < -0.3 is 14.8 Å². The lowest BCUT2D eigenvalue weighted by Gasteiger charge is -2.19.